The lowest BCUT2D eigenvalue weighted by molar-refractivity contribution is -0.131. The van der Waals surface area contributed by atoms with Crippen LogP contribution >= 0.6 is 0 Å². The zero-order valence-corrected chi connectivity index (χ0v) is 11.6. The first-order valence-corrected chi connectivity index (χ1v) is 6.16. The van der Waals surface area contributed by atoms with Gasteiger partial charge in [0, 0.05) is 18.7 Å². The summed E-state index contributed by atoms with van der Waals surface area (Å²) in [5.41, 5.74) is 0.344. The summed E-state index contributed by atoms with van der Waals surface area (Å²) in [7, 11) is 1.78. The summed E-state index contributed by atoms with van der Waals surface area (Å²) in [6.45, 7) is 1.83. The predicted octanol–water partition coefficient (Wildman–Crippen LogP) is 1.94. The zero-order chi connectivity index (χ0) is 15.4. The van der Waals surface area contributed by atoms with Gasteiger partial charge < -0.3 is 14.4 Å². The van der Waals surface area contributed by atoms with Crippen LogP contribution in [0.15, 0.2) is 24.3 Å². The molecular formula is C14H14FN3O3. The van der Waals surface area contributed by atoms with Crippen LogP contribution in [0.4, 0.5) is 4.39 Å². The normalized spacial score (nSPS) is 11.0. The minimum atomic E-state index is -1.12. The van der Waals surface area contributed by atoms with Gasteiger partial charge in [0.15, 0.2) is 17.4 Å². The highest BCUT2D eigenvalue weighted by Crippen LogP contribution is 2.24. The number of carboxylic acid groups (broad SMARTS) is 1. The van der Waals surface area contributed by atoms with E-state index in [2.05, 4.69) is 10.2 Å². The molecule has 1 heterocycles. The fourth-order valence-electron chi connectivity index (χ4n) is 1.68. The monoisotopic (exact) mass is 291 g/mol. The minimum Gasteiger partial charge on any atom is -0.482 e. The van der Waals surface area contributed by atoms with Crippen molar-refractivity contribution in [1.29, 1.82) is 0 Å². The second kappa shape index (κ2) is 6.17. The van der Waals surface area contributed by atoms with Gasteiger partial charge in [0.1, 0.15) is 12.4 Å². The molecule has 1 N–H and O–H groups in total. The number of hydrogen-bond donors (Lipinski definition) is 1. The number of nitrogens with zero attached hydrogens (tertiary/aromatic N) is 3. The Morgan fingerprint density at radius 2 is 2.24 bits per heavy atom. The molecule has 2 aromatic rings. The number of carboxylic acids is 1. The van der Waals surface area contributed by atoms with E-state index in [1.807, 2.05) is 0 Å². The lowest BCUT2D eigenvalue weighted by Gasteiger charge is -2.10. The second-order valence-electron chi connectivity index (χ2n) is 4.34. The first-order chi connectivity index (χ1) is 9.99. The third kappa shape index (κ3) is 3.44. The van der Waals surface area contributed by atoms with Gasteiger partial charge in [-0.3, -0.25) is 0 Å². The molecule has 0 spiro atoms. The van der Waals surface area contributed by atoms with Crippen molar-refractivity contribution in [3.8, 4) is 5.75 Å². The molecule has 0 atom stereocenters. The highest BCUT2D eigenvalue weighted by molar-refractivity contribution is 5.85. The highest BCUT2D eigenvalue weighted by atomic mass is 19.1. The number of carbonyl (C=O) groups is 1. The molecule has 110 valence electrons. The fourth-order valence-corrected chi connectivity index (χ4v) is 1.68. The third-order valence-corrected chi connectivity index (χ3v) is 2.93. The lowest BCUT2D eigenvalue weighted by atomic mass is 10.2. The number of ether oxygens (including phenoxy) is 1. The molecule has 7 heteroatoms. The molecule has 0 saturated heterocycles. The Morgan fingerprint density at radius 3 is 2.86 bits per heavy atom. The number of halogens is 1. The molecule has 0 unspecified atom stereocenters. The molecule has 0 aliphatic heterocycles. The molecule has 0 saturated carbocycles. The maximum Gasteiger partial charge on any atom is 0.328 e. The number of aliphatic carboxylic acids is 1. The van der Waals surface area contributed by atoms with Crippen LogP contribution in [0.5, 0.6) is 5.75 Å². The van der Waals surface area contributed by atoms with Gasteiger partial charge in [0.2, 0.25) is 0 Å². The number of aryl methyl sites for hydroxylation is 1. The van der Waals surface area contributed by atoms with E-state index in [0.29, 0.717) is 17.2 Å². The van der Waals surface area contributed by atoms with Crippen LogP contribution in [0.25, 0.3) is 6.08 Å². The Morgan fingerprint density at radius 1 is 1.48 bits per heavy atom. The number of hydrogen-bond acceptors (Lipinski definition) is 4. The topological polar surface area (TPSA) is 77.2 Å². The number of rotatable bonds is 5. The molecule has 1 aromatic carbocycles. The van der Waals surface area contributed by atoms with E-state index in [-0.39, 0.29) is 12.4 Å². The SMILES string of the molecule is Cc1nnc(COc2c(F)cccc2/C=C/C(=O)O)n1C. The van der Waals surface area contributed by atoms with Gasteiger partial charge >= 0.3 is 5.97 Å². The minimum absolute atomic E-state index is 0.0179. The summed E-state index contributed by atoms with van der Waals surface area (Å²) in [6.07, 6.45) is 2.21. The lowest BCUT2D eigenvalue weighted by Crippen LogP contribution is -2.06. The largest absolute Gasteiger partial charge is 0.482 e. The number of benzene rings is 1. The van der Waals surface area contributed by atoms with Crippen LogP contribution in [0, 0.1) is 12.7 Å². The van der Waals surface area contributed by atoms with E-state index in [1.54, 1.807) is 24.6 Å². The van der Waals surface area contributed by atoms with Crippen LogP contribution in [-0.2, 0) is 18.4 Å². The third-order valence-electron chi connectivity index (χ3n) is 2.93. The zero-order valence-electron chi connectivity index (χ0n) is 11.6. The maximum atomic E-state index is 13.8. The molecule has 21 heavy (non-hydrogen) atoms. The van der Waals surface area contributed by atoms with E-state index in [9.17, 15) is 9.18 Å². The van der Waals surface area contributed by atoms with Crippen molar-refractivity contribution in [2.45, 2.75) is 13.5 Å². The summed E-state index contributed by atoms with van der Waals surface area (Å²) in [5, 5.41) is 16.4. The first-order valence-electron chi connectivity index (χ1n) is 6.16. The average molecular weight is 291 g/mol. The summed E-state index contributed by atoms with van der Waals surface area (Å²) >= 11 is 0. The highest BCUT2D eigenvalue weighted by Gasteiger charge is 2.11. The Labute approximate surface area is 120 Å². The molecule has 2 rings (SSSR count). The van der Waals surface area contributed by atoms with Crippen molar-refractivity contribution < 1.29 is 19.0 Å². The molecule has 0 bridgehead atoms. The molecule has 6 nitrogen and oxygen atoms in total. The first kappa shape index (κ1) is 14.7. The maximum absolute atomic E-state index is 13.8. The van der Waals surface area contributed by atoms with Crippen molar-refractivity contribution in [2.75, 3.05) is 0 Å². The van der Waals surface area contributed by atoms with Crippen molar-refractivity contribution in [3.05, 3.63) is 47.3 Å². The smallest absolute Gasteiger partial charge is 0.328 e. The molecule has 0 aliphatic rings. The standard InChI is InChI=1S/C14H14FN3O3/c1-9-16-17-12(18(9)2)8-21-14-10(6-7-13(19)20)4-3-5-11(14)15/h3-7H,8H2,1-2H3,(H,19,20)/b7-6+. The molecule has 1 aromatic heterocycles. The summed E-state index contributed by atoms with van der Waals surface area (Å²) < 4.78 is 21.0. The van der Waals surface area contributed by atoms with Crippen molar-refractivity contribution in [1.82, 2.24) is 14.8 Å². The van der Waals surface area contributed by atoms with Crippen LogP contribution in [-0.4, -0.2) is 25.8 Å². The van der Waals surface area contributed by atoms with Crippen LogP contribution in [0.3, 0.4) is 0 Å². The Balaban J connectivity index is 2.23. The Bertz CT molecular complexity index is 695. The van der Waals surface area contributed by atoms with E-state index >= 15 is 0 Å². The van der Waals surface area contributed by atoms with Gasteiger partial charge in [-0.25, -0.2) is 9.18 Å². The molecule has 0 fully saturated rings. The van der Waals surface area contributed by atoms with Gasteiger partial charge in [-0.05, 0) is 19.1 Å². The Hall–Kier alpha value is -2.70. The van der Waals surface area contributed by atoms with Crippen LogP contribution < -0.4 is 4.74 Å². The van der Waals surface area contributed by atoms with E-state index in [4.69, 9.17) is 9.84 Å². The van der Waals surface area contributed by atoms with Crippen molar-refractivity contribution >= 4 is 12.0 Å². The van der Waals surface area contributed by atoms with E-state index in [1.165, 1.54) is 18.2 Å². The average Bonchev–Trinajstić information content (AvgIpc) is 2.75. The van der Waals surface area contributed by atoms with E-state index < -0.39 is 11.8 Å². The van der Waals surface area contributed by atoms with Crippen molar-refractivity contribution in [2.24, 2.45) is 7.05 Å². The number of aromatic nitrogens is 3. The molecule has 0 amide bonds. The van der Waals surface area contributed by atoms with Crippen LogP contribution in [0.2, 0.25) is 0 Å². The van der Waals surface area contributed by atoms with E-state index in [0.717, 1.165) is 6.08 Å². The van der Waals surface area contributed by atoms with Gasteiger partial charge in [-0.2, -0.15) is 0 Å². The molecular weight excluding hydrogens is 277 g/mol. The fraction of sp³-hybridized carbons (Fsp3) is 0.214. The predicted molar refractivity (Wildman–Crippen MR) is 73.1 cm³/mol. The van der Waals surface area contributed by atoms with Gasteiger partial charge in [0.05, 0.1) is 0 Å². The summed E-state index contributed by atoms with van der Waals surface area (Å²) in [6, 6.07) is 4.30. The second-order valence-corrected chi connectivity index (χ2v) is 4.34. The summed E-state index contributed by atoms with van der Waals surface area (Å²) in [5.74, 6) is -0.441. The Kier molecular flexibility index (Phi) is 4.32. The molecule has 0 aliphatic carbocycles. The van der Waals surface area contributed by atoms with Crippen molar-refractivity contribution in [3.63, 3.8) is 0 Å². The summed E-state index contributed by atoms with van der Waals surface area (Å²) in [4.78, 5) is 10.6. The van der Waals surface area contributed by atoms with Crippen LogP contribution in [0.1, 0.15) is 17.2 Å². The van der Waals surface area contributed by atoms with Gasteiger partial charge in [0.25, 0.3) is 0 Å². The molecule has 0 radical (unpaired) electrons. The van der Waals surface area contributed by atoms with Gasteiger partial charge in [-0.15, -0.1) is 10.2 Å². The number of para-hydroxylation sites is 1. The quantitative estimate of drug-likeness (QED) is 0.852. The van der Waals surface area contributed by atoms with Gasteiger partial charge in [-0.1, -0.05) is 12.1 Å².